The lowest BCUT2D eigenvalue weighted by atomic mass is 9.70. The number of allylic oxidation sites excluding steroid dienone is 1. The molecule has 1 aliphatic heterocycles. The van der Waals surface area contributed by atoms with Crippen LogP contribution in [0.1, 0.15) is 83.6 Å². The number of aromatic nitrogens is 2. The van der Waals surface area contributed by atoms with Crippen LogP contribution >= 0.6 is 22.9 Å². The van der Waals surface area contributed by atoms with Crippen LogP contribution in [-0.2, 0) is 21.4 Å². The summed E-state index contributed by atoms with van der Waals surface area (Å²) in [5.74, 6) is -0.617. The van der Waals surface area contributed by atoms with Crippen LogP contribution in [0.5, 0.6) is 0 Å². The molecule has 5 rings (SSSR count). The molecule has 8 heteroatoms. The number of fused-ring (bicyclic) bond motifs is 2. The standard InChI is InChI=1S/C33H42ClN3O3S/c1-5-7-9-11-12-21-16-24-27(13-10-8-6-2)40-33(39)30(24)25(17-21)32(38)35-29-19-26(36-37(29)4)31-20(3)23-18-22(34)14-15-28(23)41-31/h14-16,18-19,24-25,27,30H,5-13,17H2,1-4H3,(H,35,38)/t24-,25-,27?,30+/m1/s1. The Morgan fingerprint density at radius 1 is 1.15 bits per heavy atom. The van der Waals surface area contributed by atoms with Crippen LogP contribution in [0.3, 0.4) is 0 Å². The number of ether oxygens (including phenoxy) is 1. The molecule has 220 valence electrons. The van der Waals surface area contributed by atoms with Gasteiger partial charge in [0, 0.05) is 28.8 Å². The van der Waals surface area contributed by atoms with Gasteiger partial charge in [-0.25, -0.2) is 0 Å². The highest BCUT2D eigenvalue weighted by molar-refractivity contribution is 7.22. The molecule has 2 aromatic heterocycles. The number of carbonyl (C=O) groups excluding carboxylic acids is 2. The number of nitrogens with one attached hydrogen (secondary N) is 1. The van der Waals surface area contributed by atoms with Crippen LogP contribution < -0.4 is 5.32 Å². The molecule has 1 saturated heterocycles. The number of amides is 1. The molecule has 1 aliphatic carbocycles. The Labute approximate surface area is 252 Å². The third-order valence-electron chi connectivity index (χ3n) is 8.77. The lowest BCUT2D eigenvalue weighted by Gasteiger charge is -2.31. The average Bonchev–Trinajstić information content (AvgIpc) is 3.59. The van der Waals surface area contributed by atoms with E-state index < -0.39 is 11.8 Å². The van der Waals surface area contributed by atoms with E-state index in [0.29, 0.717) is 17.3 Å². The Morgan fingerprint density at radius 2 is 1.93 bits per heavy atom. The number of benzene rings is 1. The molecule has 0 saturated carbocycles. The van der Waals surface area contributed by atoms with Crippen LogP contribution in [0.15, 0.2) is 35.9 Å². The second-order valence-corrected chi connectivity index (χ2v) is 13.2. The summed E-state index contributed by atoms with van der Waals surface area (Å²) >= 11 is 7.92. The number of carbonyl (C=O) groups is 2. The fourth-order valence-electron chi connectivity index (χ4n) is 6.51. The summed E-state index contributed by atoms with van der Waals surface area (Å²) in [6.07, 6.45) is 12.6. The van der Waals surface area contributed by atoms with Crippen LogP contribution in [0, 0.1) is 24.7 Å². The summed E-state index contributed by atoms with van der Waals surface area (Å²) in [5, 5.41) is 9.71. The van der Waals surface area contributed by atoms with E-state index in [-0.39, 0.29) is 23.9 Å². The number of esters is 1. The smallest absolute Gasteiger partial charge is 0.310 e. The van der Waals surface area contributed by atoms with Gasteiger partial charge < -0.3 is 10.1 Å². The van der Waals surface area contributed by atoms with Crippen molar-refractivity contribution < 1.29 is 14.3 Å². The lowest BCUT2D eigenvalue weighted by Crippen LogP contribution is -2.38. The van der Waals surface area contributed by atoms with Gasteiger partial charge in [-0.05, 0) is 68.2 Å². The van der Waals surface area contributed by atoms with Gasteiger partial charge in [0.15, 0.2) is 0 Å². The summed E-state index contributed by atoms with van der Waals surface area (Å²) in [6, 6.07) is 7.86. The first-order valence-corrected chi connectivity index (χ1v) is 16.4. The number of anilines is 1. The van der Waals surface area contributed by atoms with Gasteiger partial charge in [0.05, 0.1) is 16.7 Å². The van der Waals surface area contributed by atoms with E-state index in [1.165, 1.54) is 24.8 Å². The summed E-state index contributed by atoms with van der Waals surface area (Å²) in [7, 11) is 1.84. The molecule has 1 aromatic carbocycles. The first kappa shape index (κ1) is 29.8. The predicted octanol–water partition coefficient (Wildman–Crippen LogP) is 8.86. The molecule has 1 fully saturated rings. The van der Waals surface area contributed by atoms with Crippen molar-refractivity contribution in [3.05, 3.63) is 46.5 Å². The predicted molar refractivity (Wildman–Crippen MR) is 168 cm³/mol. The quantitative estimate of drug-likeness (QED) is 0.129. The molecule has 0 radical (unpaired) electrons. The van der Waals surface area contributed by atoms with E-state index >= 15 is 0 Å². The summed E-state index contributed by atoms with van der Waals surface area (Å²) in [4.78, 5) is 28.1. The number of hydrogen-bond acceptors (Lipinski definition) is 5. The Balaban J connectivity index is 1.37. The number of halogens is 1. The molecule has 6 nitrogen and oxygen atoms in total. The zero-order valence-electron chi connectivity index (χ0n) is 24.7. The number of cyclic esters (lactones) is 1. The van der Waals surface area contributed by atoms with Gasteiger partial charge in [0.2, 0.25) is 5.91 Å². The molecule has 2 aliphatic rings. The molecule has 3 aromatic rings. The number of nitrogens with zero attached hydrogens (tertiary/aromatic N) is 2. The zero-order chi connectivity index (χ0) is 29.1. The zero-order valence-corrected chi connectivity index (χ0v) is 26.2. The fraction of sp³-hybridized carbons (Fsp3) is 0.545. The van der Waals surface area contributed by atoms with Crippen molar-refractivity contribution >= 4 is 50.7 Å². The molecule has 3 heterocycles. The number of hydrogen-bond donors (Lipinski definition) is 1. The SMILES string of the molecule is CCCCCCC1=C[C@@H]2C(CCCCC)OC(=O)[C@@H]2[C@H](C(=O)Nc2cc(-c3sc4ccc(Cl)cc4c3C)nn2C)C1. The van der Waals surface area contributed by atoms with Crippen molar-refractivity contribution in [2.24, 2.45) is 24.8 Å². The largest absolute Gasteiger partial charge is 0.461 e. The molecular formula is C33H42ClN3O3S. The van der Waals surface area contributed by atoms with Crippen LogP contribution in [0.2, 0.25) is 5.02 Å². The van der Waals surface area contributed by atoms with Gasteiger partial charge in [0.1, 0.15) is 17.6 Å². The van der Waals surface area contributed by atoms with E-state index in [1.807, 2.05) is 31.3 Å². The summed E-state index contributed by atoms with van der Waals surface area (Å²) in [5.41, 5.74) is 3.23. The van der Waals surface area contributed by atoms with Crippen molar-refractivity contribution in [1.29, 1.82) is 0 Å². The van der Waals surface area contributed by atoms with Gasteiger partial charge in [-0.15, -0.1) is 11.3 Å². The monoisotopic (exact) mass is 595 g/mol. The minimum absolute atomic E-state index is 0.0276. The van der Waals surface area contributed by atoms with Crippen molar-refractivity contribution in [3.63, 3.8) is 0 Å². The Morgan fingerprint density at radius 3 is 2.71 bits per heavy atom. The maximum atomic E-state index is 13.9. The maximum absolute atomic E-state index is 13.9. The maximum Gasteiger partial charge on any atom is 0.310 e. The van der Waals surface area contributed by atoms with Gasteiger partial charge >= 0.3 is 5.97 Å². The second-order valence-electron chi connectivity index (χ2n) is 11.7. The van der Waals surface area contributed by atoms with E-state index in [4.69, 9.17) is 21.4 Å². The summed E-state index contributed by atoms with van der Waals surface area (Å²) < 4.78 is 8.79. The minimum Gasteiger partial charge on any atom is -0.461 e. The highest BCUT2D eigenvalue weighted by Crippen LogP contribution is 2.45. The number of rotatable bonds is 12. The van der Waals surface area contributed by atoms with E-state index in [1.54, 1.807) is 16.0 Å². The normalized spacial score (nSPS) is 22.1. The minimum atomic E-state index is -0.443. The molecule has 4 atom stereocenters. The van der Waals surface area contributed by atoms with Crippen molar-refractivity contribution in [3.8, 4) is 10.6 Å². The third kappa shape index (κ3) is 6.41. The van der Waals surface area contributed by atoms with Crippen LogP contribution in [-0.4, -0.2) is 27.8 Å². The first-order chi connectivity index (χ1) is 19.8. The highest BCUT2D eigenvalue weighted by Gasteiger charge is 2.51. The van der Waals surface area contributed by atoms with Crippen molar-refractivity contribution in [2.45, 2.75) is 91.1 Å². The summed E-state index contributed by atoms with van der Waals surface area (Å²) in [6.45, 7) is 6.48. The van der Waals surface area contributed by atoms with Crippen LogP contribution in [0.4, 0.5) is 5.82 Å². The first-order valence-electron chi connectivity index (χ1n) is 15.2. The molecule has 0 spiro atoms. The van der Waals surface area contributed by atoms with E-state index in [2.05, 4.69) is 32.2 Å². The molecule has 0 bridgehead atoms. The van der Waals surface area contributed by atoms with Gasteiger partial charge in [0.25, 0.3) is 0 Å². The van der Waals surface area contributed by atoms with Gasteiger partial charge in [-0.1, -0.05) is 69.2 Å². The Hall–Kier alpha value is -2.64. The Bertz CT molecular complexity index is 1440. The molecule has 1 unspecified atom stereocenters. The van der Waals surface area contributed by atoms with E-state index in [0.717, 1.165) is 64.7 Å². The second kappa shape index (κ2) is 13.1. The topological polar surface area (TPSA) is 73.2 Å². The number of aryl methyl sites for hydroxylation is 2. The van der Waals surface area contributed by atoms with Gasteiger partial charge in [-0.2, -0.15) is 5.10 Å². The van der Waals surface area contributed by atoms with Crippen molar-refractivity contribution in [2.75, 3.05) is 5.32 Å². The molecular weight excluding hydrogens is 554 g/mol. The average molecular weight is 596 g/mol. The fourth-order valence-corrected chi connectivity index (χ4v) is 7.82. The van der Waals surface area contributed by atoms with Gasteiger partial charge in [-0.3, -0.25) is 14.3 Å². The Kier molecular flexibility index (Phi) is 9.55. The number of unbranched alkanes of at least 4 members (excludes halogenated alkanes) is 5. The van der Waals surface area contributed by atoms with Crippen LogP contribution in [0.25, 0.3) is 20.7 Å². The molecule has 1 N–H and O–H groups in total. The lowest BCUT2D eigenvalue weighted by molar-refractivity contribution is -0.147. The van der Waals surface area contributed by atoms with E-state index in [9.17, 15) is 9.59 Å². The third-order valence-corrected chi connectivity index (χ3v) is 10.3. The van der Waals surface area contributed by atoms with Crippen molar-refractivity contribution in [1.82, 2.24) is 9.78 Å². The number of thiophene rings is 1. The molecule has 41 heavy (non-hydrogen) atoms. The highest BCUT2D eigenvalue weighted by atomic mass is 35.5. The molecule has 1 amide bonds.